The van der Waals surface area contributed by atoms with Crippen LogP contribution in [-0.4, -0.2) is 0 Å². The molecule has 29 heavy (non-hydrogen) atoms. The third-order valence-corrected chi connectivity index (χ3v) is 6.98. The van der Waals surface area contributed by atoms with Gasteiger partial charge in [0.25, 0.3) is 0 Å². The lowest BCUT2D eigenvalue weighted by Crippen LogP contribution is -2.17. The molecule has 142 valence electrons. The fraction of sp³-hybridized carbons (Fsp3) is 0. The fourth-order valence-corrected chi connectivity index (χ4v) is 5.18. The highest BCUT2D eigenvalue weighted by Crippen LogP contribution is 2.49. The van der Waals surface area contributed by atoms with Crippen LogP contribution in [0.3, 0.4) is 0 Å². The molecule has 4 rings (SSSR count). The van der Waals surface area contributed by atoms with Gasteiger partial charge in [-0.05, 0) is 35.9 Å². The Morgan fingerprint density at radius 1 is 0.586 bits per heavy atom. The van der Waals surface area contributed by atoms with Crippen LogP contribution in [0.1, 0.15) is 11.1 Å². The highest BCUT2D eigenvalue weighted by Gasteiger charge is 2.31. The Kier molecular flexibility index (Phi) is 5.74. The molecule has 0 aromatic heterocycles. The molecule has 0 aliphatic carbocycles. The van der Waals surface area contributed by atoms with E-state index in [2.05, 4.69) is 0 Å². The van der Waals surface area contributed by atoms with Crippen molar-refractivity contribution in [1.29, 1.82) is 0 Å². The van der Waals surface area contributed by atoms with E-state index in [9.17, 15) is 4.57 Å². The van der Waals surface area contributed by atoms with Crippen LogP contribution in [0, 0.1) is 0 Å². The second kappa shape index (κ2) is 8.77. The summed E-state index contributed by atoms with van der Waals surface area (Å²) in [6.07, 6.45) is 1.94. The number of rotatable bonds is 6. The van der Waals surface area contributed by atoms with E-state index in [4.69, 9.17) is 4.52 Å². The van der Waals surface area contributed by atoms with Crippen LogP contribution in [0.5, 0.6) is 0 Å². The highest BCUT2D eigenvalue weighted by molar-refractivity contribution is 7.74. The molecule has 0 amide bonds. The van der Waals surface area contributed by atoms with E-state index in [1.807, 2.05) is 127 Å². The minimum atomic E-state index is -3.35. The van der Waals surface area contributed by atoms with E-state index in [1.54, 1.807) is 0 Å². The average molecular weight is 396 g/mol. The van der Waals surface area contributed by atoms with Crippen molar-refractivity contribution in [2.24, 2.45) is 0 Å². The monoisotopic (exact) mass is 396 g/mol. The predicted molar refractivity (Wildman–Crippen MR) is 122 cm³/mol. The molecule has 3 heteroatoms. The Morgan fingerprint density at radius 3 is 1.48 bits per heavy atom. The van der Waals surface area contributed by atoms with Crippen molar-refractivity contribution in [3.05, 3.63) is 132 Å². The zero-order valence-electron chi connectivity index (χ0n) is 15.9. The minimum Gasteiger partial charge on any atom is -0.436 e. The topological polar surface area (TPSA) is 26.3 Å². The summed E-state index contributed by atoms with van der Waals surface area (Å²) >= 11 is 0. The third-order valence-electron chi connectivity index (χ3n) is 4.57. The van der Waals surface area contributed by atoms with Crippen molar-refractivity contribution in [1.82, 2.24) is 0 Å². The van der Waals surface area contributed by atoms with Crippen molar-refractivity contribution in [2.75, 3.05) is 0 Å². The first-order valence-electron chi connectivity index (χ1n) is 9.49. The summed E-state index contributed by atoms with van der Waals surface area (Å²) in [7, 11) is -3.35. The smallest absolute Gasteiger partial charge is 0.306 e. The van der Waals surface area contributed by atoms with Gasteiger partial charge >= 0.3 is 7.37 Å². The lowest BCUT2D eigenvalue weighted by atomic mass is 10.1. The van der Waals surface area contributed by atoms with E-state index < -0.39 is 7.37 Å². The first kappa shape index (κ1) is 19.0. The molecule has 0 N–H and O–H groups in total. The Morgan fingerprint density at radius 2 is 1.00 bits per heavy atom. The van der Waals surface area contributed by atoms with Crippen molar-refractivity contribution >= 4 is 29.8 Å². The van der Waals surface area contributed by atoms with Crippen LogP contribution in [0.25, 0.3) is 11.8 Å². The molecule has 0 saturated carbocycles. The van der Waals surface area contributed by atoms with Gasteiger partial charge in [0.05, 0.1) is 10.6 Å². The lowest BCUT2D eigenvalue weighted by molar-refractivity contribution is 0.482. The van der Waals surface area contributed by atoms with E-state index >= 15 is 0 Å². The molecule has 0 unspecified atom stereocenters. The average Bonchev–Trinajstić information content (AvgIpc) is 2.81. The maximum Gasteiger partial charge on any atom is 0.306 e. The molecular formula is C26H21O2P. The molecule has 0 fully saturated rings. The summed E-state index contributed by atoms with van der Waals surface area (Å²) < 4.78 is 20.7. The van der Waals surface area contributed by atoms with E-state index in [-0.39, 0.29) is 0 Å². The van der Waals surface area contributed by atoms with Gasteiger partial charge in [-0.2, -0.15) is 0 Å². The summed E-state index contributed by atoms with van der Waals surface area (Å²) in [5, 5.41) is 1.34. The number of hydrogen-bond donors (Lipinski definition) is 0. The summed E-state index contributed by atoms with van der Waals surface area (Å²) in [5.74, 6) is 0.577. The van der Waals surface area contributed by atoms with Gasteiger partial charge in [-0.15, -0.1) is 0 Å². The molecule has 4 aromatic rings. The molecule has 0 spiro atoms. The first-order chi connectivity index (χ1) is 14.3. The SMILES string of the molecule is O=P(O/C(=C\c1ccccc1)c1ccccc1)(c1ccccc1)c1ccccc1. The molecule has 0 aliphatic rings. The van der Waals surface area contributed by atoms with Crippen LogP contribution in [0.2, 0.25) is 0 Å². The Balaban J connectivity index is 1.86. The first-order valence-corrected chi connectivity index (χ1v) is 11.1. The van der Waals surface area contributed by atoms with Gasteiger partial charge in [-0.25, -0.2) is 0 Å². The molecule has 0 bridgehead atoms. The third kappa shape index (κ3) is 4.39. The van der Waals surface area contributed by atoms with Crippen LogP contribution < -0.4 is 10.6 Å². The Labute approximate surface area is 171 Å². The van der Waals surface area contributed by atoms with Gasteiger partial charge in [0.2, 0.25) is 0 Å². The summed E-state index contributed by atoms with van der Waals surface area (Å²) in [6, 6.07) is 38.5. The second-order valence-electron chi connectivity index (χ2n) is 6.60. The van der Waals surface area contributed by atoms with Crippen LogP contribution >= 0.6 is 7.37 Å². The highest BCUT2D eigenvalue weighted by atomic mass is 31.2. The number of hydrogen-bond acceptors (Lipinski definition) is 2. The predicted octanol–water partition coefficient (Wildman–Crippen LogP) is 6.13. The summed E-state index contributed by atoms with van der Waals surface area (Å²) in [4.78, 5) is 0. The standard InChI is InChI=1S/C26H21O2P/c27-29(24-17-9-3-10-18-24,25-19-11-4-12-20-25)28-26(23-15-7-2-8-16-23)21-22-13-5-1-6-14-22/h1-21H/b26-21-. The van der Waals surface area contributed by atoms with Crippen molar-refractivity contribution < 1.29 is 9.09 Å². The molecule has 0 atom stereocenters. The maximum absolute atomic E-state index is 14.3. The Hall–Kier alpha value is -3.35. The maximum atomic E-state index is 14.3. The molecule has 2 nitrogen and oxygen atoms in total. The van der Waals surface area contributed by atoms with E-state index in [0.29, 0.717) is 16.4 Å². The zero-order chi connectivity index (χ0) is 19.9. The molecule has 4 aromatic carbocycles. The summed E-state index contributed by atoms with van der Waals surface area (Å²) in [5.41, 5.74) is 1.86. The molecule has 0 heterocycles. The van der Waals surface area contributed by atoms with Gasteiger partial charge in [0, 0.05) is 5.56 Å². The van der Waals surface area contributed by atoms with Crippen LogP contribution in [0.4, 0.5) is 0 Å². The minimum absolute atomic E-state index is 0.577. The number of benzene rings is 4. The molecule has 0 aliphatic heterocycles. The van der Waals surface area contributed by atoms with E-state index in [0.717, 1.165) is 11.1 Å². The fourth-order valence-electron chi connectivity index (χ4n) is 3.11. The van der Waals surface area contributed by atoms with Crippen molar-refractivity contribution in [3.8, 4) is 0 Å². The largest absolute Gasteiger partial charge is 0.436 e. The van der Waals surface area contributed by atoms with Gasteiger partial charge in [-0.3, -0.25) is 4.57 Å². The van der Waals surface area contributed by atoms with Gasteiger partial charge in [0.1, 0.15) is 5.76 Å². The molecular weight excluding hydrogens is 375 g/mol. The van der Waals surface area contributed by atoms with Gasteiger partial charge in [0.15, 0.2) is 0 Å². The Bertz CT molecular complexity index is 1080. The lowest BCUT2D eigenvalue weighted by Gasteiger charge is -2.22. The molecule has 0 saturated heterocycles. The quantitative estimate of drug-likeness (QED) is 0.223. The van der Waals surface area contributed by atoms with E-state index in [1.165, 1.54) is 0 Å². The van der Waals surface area contributed by atoms with Crippen molar-refractivity contribution in [2.45, 2.75) is 0 Å². The van der Waals surface area contributed by atoms with Crippen LogP contribution in [0.15, 0.2) is 121 Å². The van der Waals surface area contributed by atoms with Crippen LogP contribution in [-0.2, 0) is 9.09 Å². The van der Waals surface area contributed by atoms with Crippen molar-refractivity contribution in [3.63, 3.8) is 0 Å². The second-order valence-corrected chi connectivity index (χ2v) is 8.92. The van der Waals surface area contributed by atoms with Gasteiger partial charge < -0.3 is 4.52 Å². The molecule has 0 radical (unpaired) electrons. The normalized spacial score (nSPS) is 11.8. The summed E-state index contributed by atoms with van der Waals surface area (Å²) in [6.45, 7) is 0. The van der Waals surface area contributed by atoms with Gasteiger partial charge in [-0.1, -0.05) is 97.1 Å². The zero-order valence-corrected chi connectivity index (χ0v) is 16.8.